The van der Waals surface area contributed by atoms with Gasteiger partial charge in [0, 0.05) is 30.0 Å². The maximum Gasteiger partial charge on any atom is 0.407 e. The zero-order valence-electron chi connectivity index (χ0n) is 30.2. The van der Waals surface area contributed by atoms with Crippen LogP contribution in [0.25, 0.3) is 0 Å². The standard InChI is InChI=1S/C38H50N6O6S/c1-25(2)33(43-36(47)44(6)22-29-24-51-35(41-29)38(3,4)5)34(46)40-28(19-26-13-9-7-10-14-26)21-32(45)31(20-27-15-11-8-12-16-27)42-37(48)49-23-30-17-18-39-50-30/h7-18,24-25,28,31-33,45H,19-23H2,1-6H3,(H,40,46)(H,42,48)(H,43,47)/t28-,31-,32-,33-/m0/s1. The number of aromatic nitrogens is 2. The Balaban J connectivity index is 1.46. The third kappa shape index (κ3) is 12.5. The van der Waals surface area contributed by atoms with Gasteiger partial charge >= 0.3 is 12.1 Å². The molecule has 12 nitrogen and oxygen atoms in total. The molecule has 4 amide bonds. The Morgan fingerprint density at radius 3 is 2.16 bits per heavy atom. The third-order valence-electron chi connectivity index (χ3n) is 8.27. The second kappa shape index (κ2) is 18.5. The molecule has 0 aliphatic rings. The van der Waals surface area contributed by atoms with Crippen LogP contribution in [0.3, 0.4) is 0 Å². The van der Waals surface area contributed by atoms with Crippen molar-refractivity contribution in [3.05, 3.63) is 106 Å². The second-order valence-corrected chi connectivity index (χ2v) is 15.0. The molecule has 0 spiro atoms. The van der Waals surface area contributed by atoms with Gasteiger partial charge in [0.2, 0.25) is 5.91 Å². The first-order chi connectivity index (χ1) is 24.3. The molecule has 274 valence electrons. The molecule has 0 unspecified atom stereocenters. The molecule has 0 bridgehead atoms. The van der Waals surface area contributed by atoms with E-state index in [4.69, 9.17) is 14.2 Å². The number of carbonyl (C=O) groups excluding carboxylic acids is 3. The van der Waals surface area contributed by atoms with Crippen LogP contribution in [-0.2, 0) is 40.9 Å². The minimum Gasteiger partial charge on any atom is -0.441 e. The summed E-state index contributed by atoms with van der Waals surface area (Å²) in [6, 6.07) is 18.2. The van der Waals surface area contributed by atoms with Crippen LogP contribution in [0.4, 0.5) is 9.59 Å². The topological polar surface area (TPSA) is 159 Å². The highest BCUT2D eigenvalue weighted by Gasteiger charge is 2.31. The van der Waals surface area contributed by atoms with E-state index in [-0.39, 0.29) is 30.3 Å². The number of hydrogen-bond acceptors (Lipinski definition) is 9. The number of rotatable bonds is 16. The van der Waals surface area contributed by atoms with Crippen LogP contribution in [0.15, 0.2) is 82.8 Å². The molecule has 4 atom stereocenters. The molecule has 0 aliphatic heterocycles. The number of benzene rings is 2. The number of urea groups is 1. The van der Waals surface area contributed by atoms with E-state index in [1.54, 1.807) is 24.5 Å². The van der Waals surface area contributed by atoms with Gasteiger partial charge in [-0.2, -0.15) is 0 Å². The maximum absolute atomic E-state index is 13.9. The van der Waals surface area contributed by atoms with Gasteiger partial charge in [-0.15, -0.1) is 11.3 Å². The van der Waals surface area contributed by atoms with E-state index >= 15 is 0 Å². The van der Waals surface area contributed by atoms with Crippen LogP contribution in [0, 0.1) is 5.92 Å². The van der Waals surface area contributed by atoms with E-state index in [9.17, 15) is 19.5 Å². The van der Waals surface area contributed by atoms with Crippen LogP contribution in [0.1, 0.15) is 68.6 Å². The molecular formula is C38H50N6O6S. The zero-order chi connectivity index (χ0) is 37.0. The summed E-state index contributed by atoms with van der Waals surface area (Å²) in [4.78, 5) is 46.3. The summed E-state index contributed by atoms with van der Waals surface area (Å²) in [6.07, 6.45) is 0.493. The van der Waals surface area contributed by atoms with Gasteiger partial charge in [-0.3, -0.25) is 4.79 Å². The fourth-order valence-corrected chi connectivity index (χ4v) is 6.35. The van der Waals surface area contributed by atoms with E-state index in [1.807, 2.05) is 79.9 Å². The molecule has 0 saturated heterocycles. The zero-order valence-corrected chi connectivity index (χ0v) is 31.0. The highest BCUT2D eigenvalue weighted by molar-refractivity contribution is 7.09. The van der Waals surface area contributed by atoms with Gasteiger partial charge in [0.15, 0.2) is 12.4 Å². The predicted octanol–water partition coefficient (Wildman–Crippen LogP) is 5.61. The molecule has 4 aromatic rings. The number of thiazole rings is 1. The van der Waals surface area contributed by atoms with Crippen molar-refractivity contribution in [2.45, 2.75) is 96.7 Å². The SMILES string of the molecule is CC(C)[C@H](NC(=O)N(C)Cc1csc(C(C)(C)C)n1)C(=O)N[C@@H](Cc1ccccc1)C[C@H](O)[C@H](Cc1ccccc1)NC(=O)OCc1ccno1. The van der Waals surface area contributed by atoms with Gasteiger partial charge in [0.25, 0.3) is 0 Å². The lowest BCUT2D eigenvalue weighted by Gasteiger charge is -2.30. The first kappa shape index (κ1) is 39.0. The Kier molecular flexibility index (Phi) is 14.1. The molecular weight excluding hydrogens is 669 g/mol. The van der Waals surface area contributed by atoms with E-state index in [0.29, 0.717) is 25.1 Å². The van der Waals surface area contributed by atoms with Gasteiger partial charge in [-0.1, -0.05) is 100 Å². The van der Waals surface area contributed by atoms with E-state index in [1.165, 1.54) is 11.1 Å². The van der Waals surface area contributed by atoms with Crippen molar-refractivity contribution in [2.75, 3.05) is 7.05 Å². The number of alkyl carbamates (subject to hydrolysis) is 1. The normalized spacial score (nSPS) is 13.9. The number of nitrogens with zero attached hydrogens (tertiary/aromatic N) is 3. The quantitative estimate of drug-likeness (QED) is 0.116. The van der Waals surface area contributed by atoms with Crippen LogP contribution in [-0.4, -0.2) is 69.5 Å². The van der Waals surface area contributed by atoms with Crippen LogP contribution in [0.5, 0.6) is 0 Å². The van der Waals surface area contributed by atoms with Crippen molar-refractivity contribution >= 4 is 29.4 Å². The largest absolute Gasteiger partial charge is 0.441 e. The summed E-state index contributed by atoms with van der Waals surface area (Å²) in [7, 11) is 1.67. The molecule has 0 radical (unpaired) electrons. The van der Waals surface area contributed by atoms with Gasteiger partial charge < -0.3 is 35.2 Å². The minimum atomic E-state index is -1.08. The second-order valence-electron chi connectivity index (χ2n) is 14.1. The molecule has 2 aromatic heterocycles. The summed E-state index contributed by atoms with van der Waals surface area (Å²) in [5.74, 6) is -0.225. The van der Waals surface area contributed by atoms with Crippen LogP contribution in [0.2, 0.25) is 0 Å². The highest BCUT2D eigenvalue weighted by atomic mass is 32.1. The van der Waals surface area contributed by atoms with E-state index < -0.39 is 36.4 Å². The lowest BCUT2D eigenvalue weighted by Crippen LogP contribution is -2.55. The lowest BCUT2D eigenvalue weighted by atomic mass is 9.93. The van der Waals surface area contributed by atoms with Crippen molar-refractivity contribution in [3.63, 3.8) is 0 Å². The number of aliphatic hydroxyl groups excluding tert-OH is 1. The molecule has 2 heterocycles. The monoisotopic (exact) mass is 718 g/mol. The minimum absolute atomic E-state index is 0.0896. The summed E-state index contributed by atoms with van der Waals surface area (Å²) in [5.41, 5.74) is 2.55. The average molecular weight is 719 g/mol. The number of nitrogens with one attached hydrogen (secondary N) is 3. The molecule has 4 rings (SSSR count). The highest BCUT2D eigenvalue weighted by Crippen LogP contribution is 2.26. The summed E-state index contributed by atoms with van der Waals surface area (Å²) < 4.78 is 10.3. The fraction of sp³-hybridized carbons (Fsp3) is 0.447. The predicted molar refractivity (Wildman–Crippen MR) is 196 cm³/mol. The number of carbonyl (C=O) groups is 3. The molecule has 2 aromatic carbocycles. The lowest BCUT2D eigenvalue weighted by molar-refractivity contribution is -0.124. The van der Waals surface area contributed by atoms with Gasteiger partial charge in [-0.25, -0.2) is 14.6 Å². The Morgan fingerprint density at radius 2 is 1.59 bits per heavy atom. The van der Waals surface area contributed by atoms with Gasteiger partial charge in [-0.05, 0) is 36.3 Å². The van der Waals surface area contributed by atoms with Crippen LogP contribution >= 0.6 is 11.3 Å². The summed E-state index contributed by atoms with van der Waals surface area (Å²) in [6.45, 7) is 10.2. The summed E-state index contributed by atoms with van der Waals surface area (Å²) in [5, 5.41) is 27.0. The van der Waals surface area contributed by atoms with E-state index in [0.717, 1.165) is 21.8 Å². The van der Waals surface area contributed by atoms with Crippen molar-refractivity contribution < 1.29 is 28.8 Å². The van der Waals surface area contributed by atoms with Crippen molar-refractivity contribution in [2.24, 2.45) is 5.92 Å². The number of ether oxygens (including phenoxy) is 1. The molecule has 13 heteroatoms. The first-order valence-corrected chi connectivity index (χ1v) is 18.0. The third-order valence-corrected chi connectivity index (χ3v) is 9.58. The number of hydrogen-bond donors (Lipinski definition) is 4. The fourth-order valence-electron chi connectivity index (χ4n) is 5.45. The molecule has 4 N–H and O–H groups in total. The van der Waals surface area contributed by atoms with Gasteiger partial charge in [0.05, 0.1) is 35.6 Å². The summed E-state index contributed by atoms with van der Waals surface area (Å²) >= 11 is 1.56. The smallest absolute Gasteiger partial charge is 0.407 e. The van der Waals surface area contributed by atoms with Crippen molar-refractivity contribution in [3.8, 4) is 0 Å². The average Bonchev–Trinajstić information content (AvgIpc) is 3.79. The molecule has 0 saturated carbocycles. The Labute approximate surface area is 304 Å². The van der Waals surface area contributed by atoms with E-state index in [2.05, 4.69) is 41.9 Å². The molecule has 51 heavy (non-hydrogen) atoms. The Hall–Kier alpha value is -4.75. The van der Waals surface area contributed by atoms with Crippen molar-refractivity contribution in [1.82, 2.24) is 31.0 Å². The van der Waals surface area contributed by atoms with Crippen LogP contribution < -0.4 is 16.0 Å². The number of aliphatic hydroxyl groups is 1. The first-order valence-electron chi connectivity index (χ1n) is 17.1. The maximum atomic E-state index is 13.9. The molecule has 0 aliphatic carbocycles. The number of amides is 4. The van der Waals surface area contributed by atoms with Gasteiger partial charge in [0.1, 0.15) is 6.04 Å². The van der Waals surface area contributed by atoms with Crippen molar-refractivity contribution in [1.29, 1.82) is 0 Å². The Morgan fingerprint density at radius 1 is 0.941 bits per heavy atom. The Bertz CT molecular complexity index is 1660. The molecule has 0 fully saturated rings.